The molecule has 1 saturated heterocycles. The molecule has 1 aromatic rings. The van der Waals surface area contributed by atoms with Crippen molar-refractivity contribution in [2.75, 3.05) is 32.8 Å². The third-order valence-corrected chi connectivity index (χ3v) is 4.97. The Kier molecular flexibility index (Phi) is 6.01. The van der Waals surface area contributed by atoms with Crippen LogP contribution in [0.5, 0.6) is 0 Å². The van der Waals surface area contributed by atoms with E-state index in [-0.39, 0.29) is 11.8 Å². The van der Waals surface area contributed by atoms with E-state index in [1.165, 1.54) is 5.56 Å². The maximum absolute atomic E-state index is 11.0. The fraction of sp³-hybridized carbons (Fsp3) is 0.588. The molecule has 0 amide bonds. The molecule has 0 aromatic heterocycles. The molecule has 4 nitrogen and oxygen atoms in total. The maximum Gasteiger partial charge on any atom is 0.304 e. The Morgan fingerprint density at radius 3 is 2.64 bits per heavy atom. The van der Waals surface area contributed by atoms with Crippen LogP contribution in [0.25, 0.3) is 0 Å². The highest BCUT2D eigenvalue weighted by atomic mass is 79.9. The maximum atomic E-state index is 11.0. The summed E-state index contributed by atoms with van der Waals surface area (Å²) >= 11 is 3.64. The number of halogens is 1. The minimum atomic E-state index is -0.766. The summed E-state index contributed by atoms with van der Waals surface area (Å²) < 4.78 is 6.43. The Morgan fingerprint density at radius 1 is 1.36 bits per heavy atom. The quantitative estimate of drug-likeness (QED) is 0.836. The zero-order chi connectivity index (χ0) is 16.2. The summed E-state index contributed by atoms with van der Waals surface area (Å²) in [6, 6.07) is 6.24. The third kappa shape index (κ3) is 4.80. The summed E-state index contributed by atoms with van der Waals surface area (Å²) in [6.07, 6.45) is 1.12. The summed E-state index contributed by atoms with van der Waals surface area (Å²) in [5.41, 5.74) is 1.95. The molecule has 0 spiro atoms. The van der Waals surface area contributed by atoms with Crippen molar-refractivity contribution in [1.29, 1.82) is 0 Å². The zero-order valence-electron chi connectivity index (χ0n) is 13.3. The van der Waals surface area contributed by atoms with Crippen molar-refractivity contribution in [2.45, 2.75) is 32.1 Å². The minimum absolute atomic E-state index is 0.132. The van der Waals surface area contributed by atoms with Crippen LogP contribution >= 0.6 is 15.9 Å². The first kappa shape index (κ1) is 17.4. The largest absolute Gasteiger partial charge is 0.481 e. The highest BCUT2D eigenvalue weighted by molar-refractivity contribution is 9.10. The number of carbonyl (C=O) groups is 1. The number of rotatable bonds is 6. The van der Waals surface area contributed by atoms with Crippen LogP contribution in [0.15, 0.2) is 22.7 Å². The SMILES string of the molecule is CC(C)(CC(=O)O)c1ccc(CCN2CCOCC2)c(Br)c1. The lowest BCUT2D eigenvalue weighted by Crippen LogP contribution is -2.37. The first-order valence-electron chi connectivity index (χ1n) is 7.69. The molecule has 122 valence electrons. The van der Waals surface area contributed by atoms with Gasteiger partial charge in [-0.15, -0.1) is 0 Å². The fourth-order valence-corrected chi connectivity index (χ4v) is 3.33. The van der Waals surface area contributed by atoms with Gasteiger partial charge in [0.2, 0.25) is 0 Å². The van der Waals surface area contributed by atoms with E-state index >= 15 is 0 Å². The van der Waals surface area contributed by atoms with Gasteiger partial charge in [-0.05, 0) is 23.6 Å². The molecule has 1 aromatic carbocycles. The van der Waals surface area contributed by atoms with Gasteiger partial charge in [0.05, 0.1) is 19.6 Å². The highest BCUT2D eigenvalue weighted by Crippen LogP contribution is 2.30. The van der Waals surface area contributed by atoms with Crippen LogP contribution in [-0.2, 0) is 21.4 Å². The molecule has 1 aliphatic heterocycles. The monoisotopic (exact) mass is 369 g/mol. The van der Waals surface area contributed by atoms with Crippen molar-refractivity contribution in [3.63, 3.8) is 0 Å². The van der Waals surface area contributed by atoms with Gasteiger partial charge >= 0.3 is 5.97 Å². The van der Waals surface area contributed by atoms with Gasteiger partial charge in [0.15, 0.2) is 0 Å². The van der Waals surface area contributed by atoms with Crippen LogP contribution in [0.1, 0.15) is 31.4 Å². The van der Waals surface area contributed by atoms with Crippen molar-refractivity contribution in [3.05, 3.63) is 33.8 Å². The normalized spacial score (nSPS) is 16.7. The van der Waals surface area contributed by atoms with Crippen molar-refractivity contribution in [2.24, 2.45) is 0 Å². The van der Waals surface area contributed by atoms with E-state index in [0.29, 0.717) is 0 Å². The molecular weight excluding hydrogens is 346 g/mol. The average molecular weight is 370 g/mol. The van der Waals surface area contributed by atoms with E-state index in [1.807, 2.05) is 13.8 Å². The standard InChI is InChI=1S/C17H24BrNO3/c1-17(2,12-16(20)21)14-4-3-13(15(18)11-14)5-6-19-7-9-22-10-8-19/h3-4,11H,5-10,12H2,1-2H3,(H,20,21). The lowest BCUT2D eigenvalue weighted by atomic mass is 9.81. The summed E-state index contributed by atoms with van der Waals surface area (Å²) in [7, 11) is 0. The van der Waals surface area contributed by atoms with Gasteiger partial charge in [-0.2, -0.15) is 0 Å². The molecule has 0 radical (unpaired) electrons. The van der Waals surface area contributed by atoms with Gasteiger partial charge in [-0.3, -0.25) is 9.69 Å². The number of benzene rings is 1. The topological polar surface area (TPSA) is 49.8 Å². The summed E-state index contributed by atoms with van der Waals surface area (Å²) in [6.45, 7) is 8.61. The smallest absolute Gasteiger partial charge is 0.304 e. The van der Waals surface area contributed by atoms with E-state index in [0.717, 1.165) is 49.3 Å². The molecule has 22 heavy (non-hydrogen) atoms. The molecule has 1 fully saturated rings. The molecule has 1 heterocycles. The second-order valence-electron chi connectivity index (χ2n) is 6.46. The van der Waals surface area contributed by atoms with Gasteiger partial charge in [-0.25, -0.2) is 0 Å². The van der Waals surface area contributed by atoms with Gasteiger partial charge in [0.1, 0.15) is 0 Å². The molecule has 0 aliphatic carbocycles. The lowest BCUT2D eigenvalue weighted by molar-refractivity contribution is -0.138. The summed E-state index contributed by atoms with van der Waals surface area (Å²) in [4.78, 5) is 13.4. The van der Waals surface area contributed by atoms with Crippen LogP contribution in [0.3, 0.4) is 0 Å². The molecule has 2 rings (SSSR count). The average Bonchev–Trinajstić information content (AvgIpc) is 2.45. The molecule has 0 unspecified atom stereocenters. The van der Waals surface area contributed by atoms with Crippen molar-refractivity contribution in [1.82, 2.24) is 4.90 Å². The summed E-state index contributed by atoms with van der Waals surface area (Å²) in [5, 5.41) is 9.04. The van der Waals surface area contributed by atoms with Crippen molar-refractivity contribution >= 4 is 21.9 Å². The van der Waals surface area contributed by atoms with Gasteiger partial charge in [0.25, 0.3) is 0 Å². The molecule has 0 saturated carbocycles. The van der Waals surface area contributed by atoms with E-state index in [2.05, 4.69) is 39.0 Å². The van der Waals surface area contributed by atoms with E-state index < -0.39 is 5.97 Å². The molecule has 0 atom stereocenters. The van der Waals surface area contributed by atoms with Gasteiger partial charge < -0.3 is 9.84 Å². The molecule has 1 N–H and O–H groups in total. The highest BCUT2D eigenvalue weighted by Gasteiger charge is 2.24. The van der Waals surface area contributed by atoms with Crippen molar-refractivity contribution < 1.29 is 14.6 Å². The Morgan fingerprint density at radius 2 is 2.05 bits per heavy atom. The number of hydrogen-bond acceptors (Lipinski definition) is 3. The van der Waals surface area contributed by atoms with Crippen LogP contribution < -0.4 is 0 Å². The summed E-state index contributed by atoms with van der Waals surface area (Å²) in [5.74, 6) is -0.766. The second-order valence-corrected chi connectivity index (χ2v) is 7.32. The number of carboxylic acid groups (broad SMARTS) is 1. The van der Waals surface area contributed by atoms with Crippen LogP contribution in [0, 0.1) is 0 Å². The second kappa shape index (κ2) is 7.57. The fourth-order valence-electron chi connectivity index (χ4n) is 2.75. The predicted octanol–water partition coefficient (Wildman–Crippen LogP) is 3.08. The molecule has 5 heteroatoms. The van der Waals surface area contributed by atoms with E-state index in [4.69, 9.17) is 9.84 Å². The Bertz CT molecular complexity index is 525. The minimum Gasteiger partial charge on any atom is -0.481 e. The van der Waals surface area contributed by atoms with Gasteiger partial charge in [-0.1, -0.05) is 41.9 Å². The lowest BCUT2D eigenvalue weighted by Gasteiger charge is -2.27. The van der Waals surface area contributed by atoms with Gasteiger partial charge in [0, 0.05) is 29.5 Å². The first-order chi connectivity index (χ1) is 10.4. The van der Waals surface area contributed by atoms with Crippen LogP contribution in [-0.4, -0.2) is 48.8 Å². The third-order valence-electron chi connectivity index (χ3n) is 4.23. The Hall–Kier alpha value is -0.910. The Balaban J connectivity index is 2.01. The van der Waals surface area contributed by atoms with Crippen LogP contribution in [0.4, 0.5) is 0 Å². The molecule has 1 aliphatic rings. The van der Waals surface area contributed by atoms with E-state index in [1.54, 1.807) is 0 Å². The zero-order valence-corrected chi connectivity index (χ0v) is 14.9. The number of ether oxygens (including phenoxy) is 1. The van der Waals surface area contributed by atoms with E-state index in [9.17, 15) is 4.79 Å². The molecular formula is C17H24BrNO3. The number of carboxylic acids is 1. The number of hydrogen-bond donors (Lipinski definition) is 1. The predicted molar refractivity (Wildman–Crippen MR) is 90.4 cm³/mol. The number of aliphatic carboxylic acids is 1. The van der Waals surface area contributed by atoms with Crippen molar-refractivity contribution in [3.8, 4) is 0 Å². The Labute approximate surface area is 140 Å². The first-order valence-corrected chi connectivity index (χ1v) is 8.48. The number of morpholine rings is 1. The number of nitrogens with zero attached hydrogens (tertiary/aromatic N) is 1. The molecule has 0 bridgehead atoms. The van der Waals surface area contributed by atoms with Crippen LogP contribution in [0.2, 0.25) is 0 Å².